The molecule has 0 saturated heterocycles. The van der Waals surface area contributed by atoms with Gasteiger partial charge in [-0.05, 0) is 37.0 Å². The second kappa shape index (κ2) is 6.60. The Hall–Kier alpha value is -3.51. The number of nitriles is 2. The summed E-state index contributed by atoms with van der Waals surface area (Å²) in [6.07, 6.45) is 1.63. The van der Waals surface area contributed by atoms with Gasteiger partial charge in [0.15, 0.2) is 5.84 Å². The highest BCUT2D eigenvalue weighted by molar-refractivity contribution is 6.00. The van der Waals surface area contributed by atoms with Gasteiger partial charge in [0.2, 0.25) is 0 Å². The van der Waals surface area contributed by atoms with E-state index < -0.39 is 0 Å². The monoisotopic (exact) mass is 274 g/mol. The third-order valence-electron chi connectivity index (χ3n) is 2.53. The smallest absolute Gasteiger partial charge is 0.197 e. The highest BCUT2D eigenvalue weighted by atomic mass is 15.3. The van der Waals surface area contributed by atoms with E-state index in [0.29, 0.717) is 28.3 Å². The topological polar surface area (TPSA) is 97.2 Å². The summed E-state index contributed by atoms with van der Waals surface area (Å²) in [5.41, 5.74) is 4.58. The van der Waals surface area contributed by atoms with Crippen LogP contribution in [0.25, 0.3) is 0 Å². The molecule has 0 spiro atoms. The molecule has 0 aliphatic rings. The van der Waals surface area contributed by atoms with E-state index >= 15 is 0 Å². The molecule has 0 fully saturated rings. The number of hydrazone groups is 1. The summed E-state index contributed by atoms with van der Waals surface area (Å²) in [5.74, 6) is 0.316. The Labute approximate surface area is 121 Å². The molecular weight excluding hydrogens is 264 g/mol. The third-order valence-corrected chi connectivity index (χ3v) is 2.53. The first kappa shape index (κ1) is 13.9. The number of aliphatic imine (C=N–C) groups is 1. The predicted octanol–water partition coefficient (Wildman–Crippen LogP) is 2.30. The van der Waals surface area contributed by atoms with Crippen LogP contribution in [0.5, 0.6) is 0 Å². The predicted molar refractivity (Wildman–Crippen MR) is 79.8 cm³/mol. The van der Waals surface area contributed by atoms with Crippen LogP contribution in [0.1, 0.15) is 16.8 Å². The van der Waals surface area contributed by atoms with Crippen LogP contribution in [-0.2, 0) is 0 Å². The van der Waals surface area contributed by atoms with Gasteiger partial charge in [0.25, 0.3) is 0 Å². The molecule has 0 bridgehead atoms. The standard InChI is InChI=1S/C15H10N6/c1-18-15(14-4-2-3-5-19-14)21-20-13-7-11(9-16)6-12(8-13)10-17/h2-8,20H,1H2/b21-15-. The van der Waals surface area contributed by atoms with Crippen molar-refractivity contribution in [3.05, 3.63) is 59.4 Å². The van der Waals surface area contributed by atoms with E-state index in [1.807, 2.05) is 18.2 Å². The Bertz CT molecular complexity index is 733. The van der Waals surface area contributed by atoms with Crippen molar-refractivity contribution in [1.82, 2.24) is 4.98 Å². The van der Waals surface area contributed by atoms with E-state index in [0.717, 1.165) is 0 Å². The molecule has 0 saturated carbocycles. The molecule has 6 heteroatoms. The van der Waals surface area contributed by atoms with E-state index in [9.17, 15) is 0 Å². The largest absolute Gasteiger partial charge is 0.276 e. The lowest BCUT2D eigenvalue weighted by atomic mass is 10.1. The molecule has 0 radical (unpaired) electrons. The van der Waals surface area contributed by atoms with Crippen LogP contribution in [0.4, 0.5) is 5.69 Å². The molecule has 0 atom stereocenters. The van der Waals surface area contributed by atoms with Crippen molar-refractivity contribution in [2.45, 2.75) is 0 Å². The Kier molecular flexibility index (Phi) is 4.37. The first-order valence-corrected chi connectivity index (χ1v) is 5.94. The second-order valence-electron chi connectivity index (χ2n) is 3.94. The lowest BCUT2D eigenvalue weighted by molar-refractivity contribution is 1.24. The highest BCUT2D eigenvalue weighted by Crippen LogP contribution is 2.14. The quantitative estimate of drug-likeness (QED) is 0.527. The molecule has 100 valence electrons. The van der Waals surface area contributed by atoms with Crippen LogP contribution in [0.2, 0.25) is 0 Å². The van der Waals surface area contributed by atoms with Crippen molar-refractivity contribution in [3.8, 4) is 12.1 Å². The molecule has 0 aliphatic heterocycles. The van der Waals surface area contributed by atoms with E-state index in [1.54, 1.807) is 30.5 Å². The van der Waals surface area contributed by atoms with E-state index in [4.69, 9.17) is 10.5 Å². The Morgan fingerprint density at radius 3 is 2.38 bits per heavy atom. The minimum Gasteiger partial charge on any atom is -0.276 e. The highest BCUT2D eigenvalue weighted by Gasteiger charge is 2.03. The molecule has 1 heterocycles. The van der Waals surface area contributed by atoms with Gasteiger partial charge in [0, 0.05) is 6.20 Å². The SMILES string of the molecule is C=N/C(=N\Nc1cc(C#N)cc(C#N)c1)c1ccccn1. The van der Waals surface area contributed by atoms with Gasteiger partial charge in [0.1, 0.15) is 5.69 Å². The molecular formula is C15H10N6. The molecule has 2 aromatic rings. The van der Waals surface area contributed by atoms with Gasteiger partial charge in [0.05, 0.1) is 29.0 Å². The second-order valence-corrected chi connectivity index (χ2v) is 3.94. The van der Waals surface area contributed by atoms with Crippen molar-refractivity contribution in [3.63, 3.8) is 0 Å². The average molecular weight is 274 g/mol. The minimum absolute atomic E-state index is 0.316. The molecule has 2 rings (SSSR count). The molecule has 1 aromatic heterocycles. The van der Waals surface area contributed by atoms with Crippen LogP contribution in [0.15, 0.2) is 52.7 Å². The van der Waals surface area contributed by atoms with Gasteiger partial charge in [-0.2, -0.15) is 15.6 Å². The van der Waals surface area contributed by atoms with Gasteiger partial charge < -0.3 is 0 Å². The van der Waals surface area contributed by atoms with E-state index in [2.05, 4.69) is 27.2 Å². The maximum atomic E-state index is 8.92. The zero-order chi connectivity index (χ0) is 15.1. The molecule has 0 amide bonds. The number of aromatic nitrogens is 1. The summed E-state index contributed by atoms with van der Waals surface area (Å²) in [6, 6.07) is 14.0. The van der Waals surface area contributed by atoms with Gasteiger partial charge in [-0.3, -0.25) is 10.4 Å². The van der Waals surface area contributed by atoms with Crippen molar-refractivity contribution in [2.24, 2.45) is 10.1 Å². The number of nitrogens with zero attached hydrogens (tertiary/aromatic N) is 5. The number of anilines is 1. The summed E-state index contributed by atoms with van der Waals surface area (Å²) in [5, 5.41) is 21.9. The van der Waals surface area contributed by atoms with Crippen molar-refractivity contribution in [2.75, 3.05) is 5.43 Å². The molecule has 1 aromatic carbocycles. The molecule has 1 N–H and O–H groups in total. The lowest BCUT2D eigenvalue weighted by Crippen LogP contribution is -2.03. The van der Waals surface area contributed by atoms with Crippen molar-refractivity contribution >= 4 is 18.2 Å². The zero-order valence-corrected chi connectivity index (χ0v) is 11.0. The van der Waals surface area contributed by atoms with Crippen molar-refractivity contribution < 1.29 is 0 Å². The maximum absolute atomic E-state index is 8.92. The number of benzene rings is 1. The maximum Gasteiger partial charge on any atom is 0.197 e. The fourth-order valence-corrected chi connectivity index (χ4v) is 1.61. The van der Waals surface area contributed by atoms with Gasteiger partial charge in [-0.1, -0.05) is 6.07 Å². The fourth-order valence-electron chi connectivity index (χ4n) is 1.61. The number of pyridine rings is 1. The summed E-state index contributed by atoms with van der Waals surface area (Å²) in [6.45, 7) is 3.45. The van der Waals surface area contributed by atoms with Gasteiger partial charge in [-0.15, -0.1) is 0 Å². The number of nitrogens with one attached hydrogen (secondary N) is 1. The van der Waals surface area contributed by atoms with Gasteiger partial charge >= 0.3 is 0 Å². The Morgan fingerprint density at radius 1 is 1.14 bits per heavy atom. The minimum atomic E-state index is 0.316. The molecule has 0 unspecified atom stereocenters. The zero-order valence-electron chi connectivity index (χ0n) is 11.0. The van der Waals surface area contributed by atoms with E-state index in [1.165, 1.54) is 6.07 Å². The fraction of sp³-hybridized carbons (Fsp3) is 0. The van der Waals surface area contributed by atoms with Gasteiger partial charge in [-0.25, -0.2) is 4.99 Å². The lowest BCUT2D eigenvalue weighted by Gasteiger charge is -2.04. The molecule has 6 nitrogen and oxygen atoms in total. The normalized spacial score (nSPS) is 10.3. The van der Waals surface area contributed by atoms with Crippen LogP contribution in [0, 0.1) is 22.7 Å². The van der Waals surface area contributed by atoms with Crippen LogP contribution in [0.3, 0.4) is 0 Å². The number of hydrogen-bond acceptors (Lipinski definition) is 5. The van der Waals surface area contributed by atoms with Crippen molar-refractivity contribution in [1.29, 1.82) is 10.5 Å². The Morgan fingerprint density at radius 2 is 1.86 bits per heavy atom. The first-order chi connectivity index (χ1) is 10.3. The first-order valence-electron chi connectivity index (χ1n) is 5.94. The summed E-state index contributed by atoms with van der Waals surface area (Å²) in [4.78, 5) is 7.92. The Balaban J connectivity index is 2.30. The number of amidine groups is 1. The third kappa shape index (κ3) is 3.49. The number of rotatable bonds is 3. The van der Waals surface area contributed by atoms with Crippen LogP contribution < -0.4 is 5.43 Å². The summed E-state index contributed by atoms with van der Waals surface area (Å²) < 4.78 is 0. The van der Waals surface area contributed by atoms with Crippen LogP contribution >= 0.6 is 0 Å². The average Bonchev–Trinajstić information content (AvgIpc) is 2.56. The van der Waals surface area contributed by atoms with Crippen LogP contribution in [-0.4, -0.2) is 17.5 Å². The van der Waals surface area contributed by atoms with E-state index in [-0.39, 0.29) is 0 Å². The molecule has 0 aliphatic carbocycles. The molecule has 21 heavy (non-hydrogen) atoms. The summed E-state index contributed by atoms with van der Waals surface area (Å²) >= 11 is 0. The number of hydrogen-bond donors (Lipinski definition) is 1. The summed E-state index contributed by atoms with van der Waals surface area (Å²) in [7, 11) is 0.